The van der Waals surface area contributed by atoms with E-state index in [0.717, 1.165) is 6.42 Å². The Labute approximate surface area is 127 Å². The molecule has 1 unspecified atom stereocenters. The summed E-state index contributed by atoms with van der Waals surface area (Å²) in [5, 5.41) is 0. The SMILES string of the molecule is CC(=O)C(C)C(=O)[C@H]1CN(C(=O)OC(C)(C)C)CC[C@H]1C. The van der Waals surface area contributed by atoms with Gasteiger partial charge in [-0.2, -0.15) is 0 Å². The van der Waals surface area contributed by atoms with Crippen molar-refractivity contribution in [2.24, 2.45) is 17.8 Å². The van der Waals surface area contributed by atoms with Gasteiger partial charge in [0.25, 0.3) is 0 Å². The van der Waals surface area contributed by atoms with Crippen molar-refractivity contribution >= 4 is 17.7 Å². The Morgan fingerprint density at radius 3 is 2.29 bits per heavy atom. The third-order valence-corrected chi connectivity index (χ3v) is 4.01. The number of nitrogens with zero attached hydrogens (tertiary/aromatic N) is 1. The zero-order valence-corrected chi connectivity index (χ0v) is 13.9. The van der Waals surface area contributed by atoms with Crippen molar-refractivity contribution in [2.75, 3.05) is 13.1 Å². The van der Waals surface area contributed by atoms with Crippen LogP contribution >= 0.6 is 0 Å². The Balaban J connectivity index is 2.76. The summed E-state index contributed by atoms with van der Waals surface area (Å²) in [5.41, 5.74) is -0.549. The summed E-state index contributed by atoms with van der Waals surface area (Å²) in [7, 11) is 0. The minimum atomic E-state index is -0.601. The van der Waals surface area contributed by atoms with E-state index < -0.39 is 11.5 Å². The van der Waals surface area contributed by atoms with Gasteiger partial charge >= 0.3 is 6.09 Å². The van der Waals surface area contributed by atoms with Crippen LogP contribution in [0, 0.1) is 17.8 Å². The van der Waals surface area contributed by atoms with Crippen LogP contribution in [0.15, 0.2) is 0 Å². The predicted molar refractivity (Wildman–Crippen MR) is 79.9 cm³/mol. The van der Waals surface area contributed by atoms with E-state index in [1.807, 2.05) is 27.7 Å². The summed E-state index contributed by atoms with van der Waals surface area (Å²) < 4.78 is 5.36. The number of likely N-dealkylation sites (tertiary alicyclic amines) is 1. The molecule has 1 aliphatic rings. The number of piperidine rings is 1. The zero-order chi connectivity index (χ0) is 16.4. The lowest BCUT2D eigenvalue weighted by atomic mass is 9.79. The molecule has 0 N–H and O–H groups in total. The van der Waals surface area contributed by atoms with Gasteiger partial charge in [0.2, 0.25) is 0 Å². The molecule has 5 nitrogen and oxygen atoms in total. The van der Waals surface area contributed by atoms with Gasteiger partial charge in [-0.15, -0.1) is 0 Å². The Bertz CT molecular complexity index is 424. The average molecular weight is 297 g/mol. The maximum atomic E-state index is 12.4. The van der Waals surface area contributed by atoms with Crippen LogP contribution < -0.4 is 0 Å². The number of Topliss-reactive ketones (excluding diaryl/α,β-unsaturated/α-hetero) is 2. The molecule has 5 heteroatoms. The molecule has 1 saturated heterocycles. The van der Waals surface area contributed by atoms with E-state index in [4.69, 9.17) is 4.74 Å². The highest BCUT2D eigenvalue weighted by atomic mass is 16.6. The molecule has 1 fully saturated rings. The normalized spacial score (nSPS) is 24.4. The van der Waals surface area contributed by atoms with Gasteiger partial charge in [-0.25, -0.2) is 4.79 Å². The minimum absolute atomic E-state index is 0.0664. The summed E-state index contributed by atoms with van der Waals surface area (Å²) >= 11 is 0. The van der Waals surface area contributed by atoms with Crippen molar-refractivity contribution in [2.45, 2.75) is 53.6 Å². The average Bonchev–Trinajstić information content (AvgIpc) is 2.35. The van der Waals surface area contributed by atoms with Gasteiger partial charge in [0.05, 0.1) is 5.92 Å². The molecule has 1 heterocycles. The first-order chi connectivity index (χ1) is 9.53. The number of rotatable bonds is 3. The van der Waals surface area contributed by atoms with Crippen LogP contribution in [0.2, 0.25) is 0 Å². The van der Waals surface area contributed by atoms with E-state index in [1.165, 1.54) is 6.92 Å². The Kier molecular flexibility index (Phi) is 5.54. The fraction of sp³-hybridized carbons (Fsp3) is 0.812. The Hall–Kier alpha value is -1.39. The molecule has 0 aromatic rings. The molecule has 120 valence electrons. The summed E-state index contributed by atoms with van der Waals surface area (Å²) in [4.78, 5) is 37.5. The van der Waals surface area contributed by atoms with Crippen molar-refractivity contribution in [3.05, 3.63) is 0 Å². The lowest BCUT2D eigenvalue weighted by Gasteiger charge is -2.37. The Morgan fingerprint density at radius 2 is 1.81 bits per heavy atom. The first kappa shape index (κ1) is 17.7. The second kappa shape index (κ2) is 6.58. The monoisotopic (exact) mass is 297 g/mol. The molecule has 0 spiro atoms. The molecular formula is C16H27NO4. The van der Waals surface area contributed by atoms with E-state index in [1.54, 1.807) is 11.8 Å². The first-order valence-electron chi connectivity index (χ1n) is 7.55. The van der Waals surface area contributed by atoms with Gasteiger partial charge in [-0.3, -0.25) is 9.59 Å². The highest BCUT2D eigenvalue weighted by molar-refractivity contribution is 6.02. The molecule has 0 radical (unpaired) electrons. The number of amides is 1. The first-order valence-corrected chi connectivity index (χ1v) is 7.55. The maximum Gasteiger partial charge on any atom is 0.410 e. The zero-order valence-electron chi connectivity index (χ0n) is 13.9. The molecule has 0 aromatic carbocycles. The summed E-state index contributed by atoms with van der Waals surface area (Å²) in [6.07, 6.45) is 0.364. The number of ketones is 2. The number of hydrogen-bond acceptors (Lipinski definition) is 4. The van der Waals surface area contributed by atoms with Crippen molar-refractivity contribution in [1.29, 1.82) is 0 Å². The number of hydrogen-bond donors (Lipinski definition) is 0. The molecule has 0 bridgehead atoms. The van der Waals surface area contributed by atoms with Gasteiger partial charge in [0.1, 0.15) is 17.2 Å². The molecule has 0 saturated carbocycles. The van der Waals surface area contributed by atoms with Crippen LogP contribution in [0.3, 0.4) is 0 Å². The molecule has 1 aliphatic heterocycles. The van der Waals surface area contributed by atoms with Crippen LogP contribution in [0.25, 0.3) is 0 Å². The van der Waals surface area contributed by atoms with E-state index in [9.17, 15) is 14.4 Å². The third-order valence-electron chi connectivity index (χ3n) is 4.01. The van der Waals surface area contributed by atoms with Gasteiger partial charge in [0, 0.05) is 19.0 Å². The molecule has 1 rings (SSSR count). The van der Waals surface area contributed by atoms with Crippen LogP contribution in [0.5, 0.6) is 0 Å². The molecule has 1 amide bonds. The molecular weight excluding hydrogens is 270 g/mol. The summed E-state index contributed by atoms with van der Waals surface area (Å²) in [5.74, 6) is -0.899. The standard InChI is InChI=1S/C16H27NO4/c1-10-7-8-17(15(20)21-16(4,5)6)9-13(10)14(19)11(2)12(3)18/h10-11,13H,7-9H2,1-6H3/t10-,11?,13+/m1/s1. The van der Waals surface area contributed by atoms with E-state index in [2.05, 4.69) is 0 Å². The molecule has 3 atom stereocenters. The smallest absolute Gasteiger partial charge is 0.410 e. The number of carbonyl (C=O) groups is 3. The number of carbonyl (C=O) groups excluding carboxylic acids is 3. The second-order valence-electron chi connectivity index (χ2n) is 7.03. The van der Waals surface area contributed by atoms with Crippen molar-refractivity contribution in [1.82, 2.24) is 4.90 Å². The van der Waals surface area contributed by atoms with E-state index in [-0.39, 0.29) is 29.5 Å². The lowest BCUT2D eigenvalue weighted by Crippen LogP contribution is -2.48. The fourth-order valence-electron chi connectivity index (χ4n) is 2.45. The summed E-state index contributed by atoms with van der Waals surface area (Å²) in [6, 6.07) is 0. The molecule has 0 aromatic heterocycles. The maximum absolute atomic E-state index is 12.4. The van der Waals surface area contributed by atoms with Gasteiger partial charge in [0.15, 0.2) is 0 Å². The lowest BCUT2D eigenvalue weighted by molar-refractivity contribution is -0.135. The van der Waals surface area contributed by atoms with Crippen LogP contribution in [0.4, 0.5) is 4.79 Å². The van der Waals surface area contributed by atoms with Gasteiger partial charge in [-0.05, 0) is 47.0 Å². The number of ether oxygens (including phenoxy) is 1. The van der Waals surface area contributed by atoms with Crippen molar-refractivity contribution < 1.29 is 19.1 Å². The fourth-order valence-corrected chi connectivity index (χ4v) is 2.45. The largest absolute Gasteiger partial charge is 0.444 e. The van der Waals surface area contributed by atoms with Crippen molar-refractivity contribution in [3.8, 4) is 0 Å². The molecule has 21 heavy (non-hydrogen) atoms. The Morgan fingerprint density at radius 1 is 1.24 bits per heavy atom. The topological polar surface area (TPSA) is 63.7 Å². The molecule has 0 aliphatic carbocycles. The van der Waals surface area contributed by atoms with Gasteiger partial charge in [-0.1, -0.05) is 6.92 Å². The van der Waals surface area contributed by atoms with Crippen LogP contribution in [-0.2, 0) is 14.3 Å². The highest BCUT2D eigenvalue weighted by Crippen LogP contribution is 2.27. The van der Waals surface area contributed by atoms with Crippen LogP contribution in [-0.4, -0.2) is 41.3 Å². The summed E-state index contributed by atoms with van der Waals surface area (Å²) in [6.45, 7) is 11.5. The van der Waals surface area contributed by atoms with Crippen molar-refractivity contribution in [3.63, 3.8) is 0 Å². The quantitative estimate of drug-likeness (QED) is 0.751. The van der Waals surface area contributed by atoms with E-state index in [0.29, 0.717) is 13.1 Å². The minimum Gasteiger partial charge on any atom is -0.444 e. The second-order valence-corrected chi connectivity index (χ2v) is 7.03. The highest BCUT2D eigenvalue weighted by Gasteiger charge is 2.37. The van der Waals surface area contributed by atoms with Crippen LogP contribution in [0.1, 0.15) is 48.0 Å². The predicted octanol–water partition coefficient (Wildman–Crippen LogP) is 2.67. The third kappa shape index (κ3) is 4.83. The van der Waals surface area contributed by atoms with E-state index >= 15 is 0 Å². The van der Waals surface area contributed by atoms with Gasteiger partial charge < -0.3 is 9.64 Å².